The fourth-order valence-electron chi connectivity index (χ4n) is 1.64. The SMILES string of the molecule is COC1(Cc2ccc(C)s2)CNC1. The van der Waals surface area contributed by atoms with Gasteiger partial charge in [-0.1, -0.05) is 0 Å². The molecule has 13 heavy (non-hydrogen) atoms. The maximum absolute atomic E-state index is 5.53. The molecule has 2 nitrogen and oxygen atoms in total. The molecule has 0 radical (unpaired) electrons. The number of hydrogen-bond donors (Lipinski definition) is 1. The first-order chi connectivity index (χ1) is 6.24. The molecule has 0 saturated carbocycles. The van der Waals surface area contributed by atoms with Crippen LogP contribution < -0.4 is 5.32 Å². The lowest BCUT2D eigenvalue weighted by Gasteiger charge is -2.41. The second-order valence-corrected chi connectivity index (χ2v) is 5.05. The summed E-state index contributed by atoms with van der Waals surface area (Å²) in [5.41, 5.74) is 0.0806. The van der Waals surface area contributed by atoms with Crippen LogP contribution in [-0.4, -0.2) is 25.8 Å². The molecule has 0 atom stereocenters. The van der Waals surface area contributed by atoms with Crippen molar-refractivity contribution in [2.24, 2.45) is 0 Å². The Morgan fingerprint density at radius 1 is 1.54 bits per heavy atom. The normalized spacial score (nSPS) is 19.8. The second kappa shape index (κ2) is 3.40. The first-order valence-corrected chi connectivity index (χ1v) is 5.37. The van der Waals surface area contributed by atoms with Crippen LogP contribution >= 0.6 is 11.3 Å². The Balaban J connectivity index is 2.04. The second-order valence-electron chi connectivity index (χ2n) is 3.68. The van der Waals surface area contributed by atoms with Crippen LogP contribution in [0.5, 0.6) is 0 Å². The minimum atomic E-state index is 0.0806. The summed E-state index contributed by atoms with van der Waals surface area (Å²) >= 11 is 1.87. The van der Waals surface area contributed by atoms with Crippen molar-refractivity contribution in [2.75, 3.05) is 20.2 Å². The van der Waals surface area contributed by atoms with E-state index in [4.69, 9.17) is 4.74 Å². The van der Waals surface area contributed by atoms with Crippen LogP contribution in [-0.2, 0) is 11.2 Å². The molecule has 72 valence electrons. The lowest BCUT2D eigenvalue weighted by atomic mass is 9.92. The Hall–Kier alpha value is -0.380. The molecule has 0 aromatic carbocycles. The topological polar surface area (TPSA) is 21.3 Å². The fraction of sp³-hybridized carbons (Fsp3) is 0.600. The van der Waals surface area contributed by atoms with E-state index in [9.17, 15) is 0 Å². The maximum atomic E-state index is 5.53. The number of hydrogen-bond acceptors (Lipinski definition) is 3. The van der Waals surface area contributed by atoms with Crippen molar-refractivity contribution in [1.29, 1.82) is 0 Å². The summed E-state index contributed by atoms with van der Waals surface area (Å²) in [4.78, 5) is 2.81. The van der Waals surface area contributed by atoms with Gasteiger partial charge in [-0.15, -0.1) is 11.3 Å². The summed E-state index contributed by atoms with van der Waals surface area (Å²) in [6.07, 6.45) is 1.05. The molecule has 1 aromatic rings. The van der Waals surface area contributed by atoms with Crippen LogP contribution in [0.15, 0.2) is 12.1 Å². The van der Waals surface area contributed by atoms with Crippen LogP contribution in [0.1, 0.15) is 9.75 Å². The quantitative estimate of drug-likeness (QED) is 0.794. The zero-order chi connectivity index (χ0) is 9.31. The average molecular weight is 197 g/mol. The molecule has 1 fully saturated rings. The van der Waals surface area contributed by atoms with Crippen LogP contribution in [0.25, 0.3) is 0 Å². The molecule has 0 amide bonds. The molecule has 1 aromatic heterocycles. The lowest BCUT2D eigenvalue weighted by molar-refractivity contribution is -0.0496. The highest BCUT2D eigenvalue weighted by Crippen LogP contribution is 2.25. The molecule has 1 aliphatic heterocycles. The van der Waals surface area contributed by atoms with E-state index in [1.165, 1.54) is 9.75 Å². The van der Waals surface area contributed by atoms with Gasteiger partial charge in [0.1, 0.15) is 0 Å². The van der Waals surface area contributed by atoms with Crippen molar-refractivity contribution in [3.05, 3.63) is 21.9 Å². The largest absolute Gasteiger partial charge is 0.375 e. The highest BCUT2D eigenvalue weighted by atomic mass is 32.1. The predicted molar refractivity (Wildman–Crippen MR) is 55.4 cm³/mol. The van der Waals surface area contributed by atoms with Crippen molar-refractivity contribution in [2.45, 2.75) is 18.9 Å². The average Bonchev–Trinajstić information content (AvgIpc) is 2.44. The summed E-state index contributed by atoms with van der Waals surface area (Å²) < 4.78 is 5.53. The van der Waals surface area contributed by atoms with Gasteiger partial charge in [0.15, 0.2) is 0 Å². The highest BCUT2D eigenvalue weighted by molar-refractivity contribution is 7.11. The van der Waals surface area contributed by atoms with E-state index in [2.05, 4.69) is 24.4 Å². The summed E-state index contributed by atoms with van der Waals surface area (Å²) in [6, 6.07) is 4.38. The first-order valence-electron chi connectivity index (χ1n) is 4.55. The summed E-state index contributed by atoms with van der Waals surface area (Å²) in [7, 11) is 1.81. The minimum Gasteiger partial charge on any atom is -0.375 e. The van der Waals surface area contributed by atoms with Gasteiger partial charge in [0.2, 0.25) is 0 Å². The molecule has 2 rings (SSSR count). The van der Waals surface area contributed by atoms with Crippen molar-refractivity contribution >= 4 is 11.3 Å². The Morgan fingerprint density at radius 3 is 2.69 bits per heavy atom. The van der Waals surface area contributed by atoms with Gasteiger partial charge in [-0.3, -0.25) is 0 Å². The van der Waals surface area contributed by atoms with E-state index in [0.717, 1.165) is 19.5 Å². The highest BCUT2D eigenvalue weighted by Gasteiger charge is 2.37. The molecule has 2 heterocycles. The molecule has 1 N–H and O–H groups in total. The lowest BCUT2D eigenvalue weighted by Crippen LogP contribution is -2.61. The molecule has 0 aliphatic carbocycles. The van der Waals surface area contributed by atoms with E-state index in [1.54, 1.807) is 7.11 Å². The molecule has 1 saturated heterocycles. The Bertz CT molecular complexity index is 285. The number of aryl methyl sites for hydroxylation is 1. The summed E-state index contributed by atoms with van der Waals surface area (Å²) in [6.45, 7) is 4.12. The van der Waals surface area contributed by atoms with E-state index in [0.29, 0.717) is 0 Å². The minimum absolute atomic E-state index is 0.0806. The van der Waals surface area contributed by atoms with E-state index in [-0.39, 0.29) is 5.60 Å². The fourth-order valence-corrected chi connectivity index (χ4v) is 2.66. The molecule has 3 heteroatoms. The zero-order valence-electron chi connectivity index (χ0n) is 8.09. The van der Waals surface area contributed by atoms with E-state index < -0.39 is 0 Å². The number of nitrogens with one attached hydrogen (secondary N) is 1. The van der Waals surface area contributed by atoms with Crippen LogP contribution in [0, 0.1) is 6.92 Å². The molecular formula is C10H15NOS. The predicted octanol–water partition coefficient (Wildman–Crippen LogP) is 1.59. The smallest absolute Gasteiger partial charge is 0.0973 e. The first kappa shape index (κ1) is 9.19. The van der Waals surface area contributed by atoms with E-state index >= 15 is 0 Å². The van der Waals surface area contributed by atoms with Gasteiger partial charge in [-0.2, -0.15) is 0 Å². The maximum Gasteiger partial charge on any atom is 0.0973 e. The van der Waals surface area contributed by atoms with Gasteiger partial charge < -0.3 is 10.1 Å². The third-order valence-corrected chi connectivity index (χ3v) is 3.62. The zero-order valence-corrected chi connectivity index (χ0v) is 8.91. The van der Waals surface area contributed by atoms with Gasteiger partial charge in [0.25, 0.3) is 0 Å². The number of methoxy groups -OCH3 is 1. The molecule has 0 unspecified atom stereocenters. The molecule has 0 spiro atoms. The van der Waals surface area contributed by atoms with Crippen LogP contribution in [0.4, 0.5) is 0 Å². The van der Waals surface area contributed by atoms with Gasteiger partial charge >= 0.3 is 0 Å². The number of rotatable bonds is 3. The van der Waals surface area contributed by atoms with Gasteiger partial charge in [-0.05, 0) is 19.1 Å². The Kier molecular flexibility index (Phi) is 2.41. The third kappa shape index (κ3) is 1.77. The van der Waals surface area contributed by atoms with E-state index in [1.807, 2.05) is 11.3 Å². The Labute approximate surface area is 82.9 Å². The van der Waals surface area contributed by atoms with Crippen molar-refractivity contribution < 1.29 is 4.74 Å². The third-order valence-electron chi connectivity index (χ3n) is 2.62. The standard InChI is InChI=1S/C10H15NOS/c1-8-3-4-9(13-8)5-10(12-2)6-11-7-10/h3-4,11H,5-7H2,1-2H3. The summed E-state index contributed by atoms with van der Waals surface area (Å²) in [5, 5.41) is 3.26. The number of thiophene rings is 1. The van der Waals surface area contributed by atoms with Crippen molar-refractivity contribution in [3.63, 3.8) is 0 Å². The van der Waals surface area contributed by atoms with Crippen LogP contribution in [0.3, 0.4) is 0 Å². The van der Waals surface area contributed by atoms with Crippen molar-refractivity contribution in [1.82, 2.24) is 5.32 Å². The Morgan fingerprint density at radius 2 is 2.31 bits per heavy atom. The van der Waals surface area contributed by atoms with Gasteiger partial charge in [-0.25, -0.2) is 0 Å². The summed E-state index contributed by atoms with van der Waals surface area (Å²) in [5.74, 6) is 0. The van der Waals surface area contributed by atoms with Gasteiger partial charge in [0.05, 0.1) is 5.60 Å². The monoisotopic (exact) mass is 197 g/mol. The molecule has 0 bridgehead atoms. The number of ether oxygens (including phenoxy) is 1. The van der Waals surface area contributed by atoms with Gasteiger partial charge in [0, 0.05) is 36.4 Å². The van der Waals surface area contributed by atoms with Crippen LogP contribution in [0.2, 0.25) is 0 Å². The molecule has 1 aliphatic rings. The van der Waals surface area contributed by atoms with Crippen molar-refractivity contribution in [3.8, 4) is 0 Å². The molecular weight excluding hydrogens is 182 g/mol.